The summed E-state index contributed by atoms with van der Waals surface area (Å²) < 4.78 is 1.03. The van der Waals surface area contributed by atoms with Gasteiger partial charge < -0.3 is 4.90 Å². The zero-order valence-corrected chi connectivity index (χ0v) is 13.6. The maximum atomic E-state index is 4.55. The van der Waals surface area contributed by atoms with Gasteiger partial charge in [0.05, 0.1) is 0 Å². The van der Waals surface area contributed by atoms with Gasteiger partial charge in [-0.1, -0.05) is 6.07 Å². The monoisotopic (exact) mass is 330 g/mol. The molecule has 0 unspecified atom stereocenters. The minimum Gasteiger partial charge on any atom is -0.329 e. The molecule has 0 saturated heterocycles. The van der Waals surface area contributed by atoms with Gasteiger partial charge in [0.15, 0.2) is 0 Å². The zero-order valence-electron chi connectivity index (χ0n) is 12.0. The van der Waals surface area contributed by atoms with E-state index < -0.39 is 0 Å². The number of anilines is 2. The molecule has 0 amide bonds. The Morgan fingerprint density at radius 3 is 2.60 bits per heavy atom. The molecule has 3 rings (SSSR count). The summed E-state index contributed by atoms with van der Waals surface area (Å²) in [5.41, 5.74) is 5.44. The molecule has 0 saturated carbocycles. The molecule has 0 aliphatic heterocycles. The lowest BCUT2D eigenvalue weighted by molar-refractivity contribution is 0.685. The summed E-state index contributed by atoms with van der Waals surface area (Å²) in [6.45, 7) is 2.10. The van der Waals surface area contributed by atoms with Crippen LogP contribution in [-0.4, -0.2) is 12.0 Å². The van der Waals surface area contributed by atoms with Crippen LogP contribution in [0, 0.1) is 6.92 Å². The standard InChI is InChI=1S/C17H19BrN2/c1-12-9-15(18)11-19-17(12)20(2)16-8-7-13-5-3-4-6-14(13)10-16/h7-11H,3-6H2,1-2H3. The first-order chi connectivity index (χ1) is 9.65. The molecule has 2 nitrogen and oxygen atoms in total. The van der Waals surface area contributed by atoms with Gasteiger partial charge in [-0.2, -0.15) is 0 Å². The van der Waals surface area contributed by atoms with Crippen LogP contribution in [0.3, 0.4) is 0 Å². The number of aryl methyl sites for hydroxylation is 3. The number of hydrogen-bond acceptors (Lipinski definition) is 2. The van der Waals surface area contributed by atoms with Gasteiger partial charge in [0.2, 0.25) is 0 Å². The third-order valence-electron chi connectivity index (χ3n) is 4.05. The van der Waals surface area contributed by atoms with E-state index in [4.69, 9.17) is 0 Å². The Balaban J connectivity index is 1.95. The number of fused-ring (bicyclic) bond motifs is 1. The van der Waals surface area contributed by atoms with E-state index >= 15 is 0 Å². The summed E-state index contributed by atoms with van der Waals surface area (Å²) in [5.74, 6) is 1.02. The fourth-order valence-corrected chi connectivity index (χ4v) is 3.38. The van der Waals surface area contributed by atoms with Crippen LogP contribution in [-0.2, 0) is 12.8 Å². The third-order valence-corrected chi connectivity index (χ3v) is 4.49. The van der Waals surface area contributed by atoms with Gasteiger partial charge in [-0.3, -0.25) is 0 Å². The highest BCUT2D eigenvalue weighted by Crippen LogP contribution is 2.30. The van der Waals surface area contributed by atoms with Gasteiger partial charge in [-0.05, 0) is 83.4 Å². The molecular formula is C17H19BrN2. The molecule has 2 aromatic rings. The minimum atomic E-state index is 1.02. The predicted octanol–water partition coefficient (Wildman–Crippen LogP) is 4.80. The third kappa shape index (κ3) is 2.59. The first-order valence-electron chi connectivity index (χ1n) is 7.13. The lowest BCUT2D eigenvalue weighted by Crippen LogP contribution is -2.14. The van der Waals surface area contributed by atoms with E-state index in [1.807, 2.05) is 6.20 Å². The maximum absolute atomic E-state index is 4.55. The summed E-state index contributed by atoms with van der Waals surface area (Å²) in [4.78, 5) is 6.72. The number of aromatic nitrogens is 1. The Labute approximate surface area is 129 Å². The Morgan fingerprint density at radius 1 is 1.10 bits per heavy atom. The summed E-state index contributed by atoms with van der Waals surface area (Å²) in [6.07, 6.45) is 6.95. The molecule has 1 heterocycles. The van der Waals surface area contributed by atoms with Crippen LogP contribution in [0.4, 0.5) is 11.5 Å². The lowest BCUT2D eigenvalue weighted by Gasteiger charge is -2.23. The van der Waals surface area contributed by atoms with Crippen LogP contribution >= 0.6 is 15.9 Å². The van der Waals surface area contributed by atoms with Crippen molar-refractivity contribution < 1.29 is 0 Å². The summed E-state index contributed by atoms with van der Waals surface area (Å²) in [7, 11) is 2.09. The molecule has 1 aromatic carbocycles. The van der Waals surface area contributed by atoms with E-state index in [1.54, 1.807) is 0 Å². The highest BCUT2D eigenvalue weighted by atomic mass is 79.9. The molecule has 1 aromatic heterocycles. The Kier molecular flexibility index (Phi) is 3.79. The topological polar surface area (TPSA) is 16.1 Å². The average Bonchev–Trinajstić information content (AvgIpc) is 2.46. The fourth-order valence-electron chi connectivity index (χ4n) is 2.94. The smallest absolute Gasteiger partial charge is 0.135 e. The van der Waals surface area contributed by atoms with Crippen LogP contribution in [0.5, 0.6) is 0 Å². The van der Waals surface area contributed by atoms with Gasteiger partial charge in [0.1, 0.15) is 5.82 Å². The normalized spacial score (nSPS) is 13.9. The van der Waals surface area contributed by atoms with E-state index in [0.29, 0.717) is 0 Å². The molecule has 1 aliphatic rings. The number of nitrogens with zero attached hydrogens (tertiary/aromatic N) is 2. The molecule has 0 fully saturated rings. The van der Waals surface area contributed by atoms with Gasteiger partial charge in [0.25, 0.3) is 0 Å². The van der Waals surface area contributed by atoms with Gasteiger partial charge >= 0.3 is 0 Å². The van der Waals surface area contributed by atoms with Gasteiger partial charge in [-0.15, -0.1) is 0 Å². The summed E-state index contributed by atoms with van der Waals surface area (Å²) in [5, 5.41) is 0. The number of benzene rings is 1. The van der Waals surface area contributed by atoms with E-state index in [2.05, 4.69) is 64.1 Å². The minimum absolute atomic E-state index is 1.02. The van der Waals surface area contributed by atoms with Crippen LogP contribution < -0.4 is 4.90 Å². The van der Waals surface area contributed by atoms with E-state index in [-0.39, 0.29) is 0 Å². The number of hydrogen-bond donors (Lipinski definition) is 0. The van der Waals surface area contributed by atoms with Gasteiger partial charge in [0, 0.05) is 23.4 Å². The second kappa shape index (κ2) is 5.57. The van der Waals surface area contributed by atoms with Crippen molar-refractivity contribution in [3.8, 4) is 0 Å². The van der Waals surface area contributed by atoms with Crippen molar-refractivity contribution in [3.63, 3.8) is 0 Å². The van der Waals surface area contributed by atoms with Crippen LogP contribution in [0.2, 0.25) is 0 Å². The number of halogens is 1. The van der Waals surface area contributed by atoms with Crippen molar-refractivity contribution in [2.45, 2.75) is 32.6 Å². The van der Waals surface area contributed by atoms with Crippen molar-refractivity contribution >= 4 is 27.4 Å². The fraction of sp³-hybridized carbons (Fsp3) is 0.353. The van der Waals surface area contributed by atoms with E-state index in [0.717, 1.165) is 10.3 Å². The second-order valence-electron chi connectivity index (χ2n) is 5.51. The summed E-state index contributed by atoms with van der Waals surface area (Å²) in [6, 6.07) is 8.94. The quantitative estimate of drug-likeness (QED) is 0.786. The average molecular weight is 331 g/mol. The van der Waals surface area contributed by atoms with Gasteiger partial charge in [-0.25, -0.2) is 4.98 Å². The molecule has 3 heteroatoms. The molecule has 0 atom stereocenters. The SMILES string of the molecule is Cc1cc(Br)cnc1N(C)c1ccc2c(c1)CCCC2. The Hall–Kier alpha value is -1.35. The Bertz CT molecular complexity index is 637. The molecule has 1 aliphatic carbocycles. The zero-order chi connectivity index (χ0) is 14.1. The molecule has 20 heavy (non-hydrogen) atoms. The molecule has 0 spiro atoms. The van der Waals surface area contributed by atoms with Crippen LogP contribution in [0.1, 0.15) is 29.5 Å². The number of rotatable bonds is 2. The molecule has 0 bridgehead atoms. The van der Waals surface area contributed by atoms with Crippen molar-refractivity contribution in [2.24, 2.45) is 0 Å². The lowest BCUT2D eigenvalue weighted by atomic mass is 9.91. The maximum Gasteiger partial charge on any atom is 0.135 e. The number of pyridine rings is 1. The largest absolute Gasteiger partial charge is 0.329 e. The Morgan fingerprint density at radius 2 is 1.85 bits per heavy atom. The van der Waals surface area contributed by atoms with Crippen molar-refractivity contribution in [1.82, 2.24) is 4.98 Å². The summed E-state index contributed by atoms with van der Waals surface area (Å²) >= 11 is 3.47. The van der Waals surface area contributed by atoms with Crippen molar-refractivity contribution in [3.05, 3.63) is 51.6 Å². The predicted molar refractivity (Wildman–Crippen MR) is 87.8 cm³/mol. The van der Waals surface area contributed by atoms with Crippen molar-refractivity contribution in [1.29, 1.82) is 0 Å². The first-order valence-corrected chi connectivity index (χ1v) is 7.92. The molecule has 0 radical (unpaired) electrons. The molecule has 104 valence electrons. The van der Waals surface area contributed by atoms with Crippen molar-refractivity contribution in [2.75, 3.05) is 11.9 Å². The molecular weight excluding hydrogens is 312 g/mol. The molecule has 0 N–H and O–H groups in total. The first kappa shape index (κ1) is 13.6. The van der Waals surface area contributed by atoms with E-state index in [9.17, 15) is 0 Å². The second-order valence-corrected chi connectivity index (χ2v) is 6.43. The highest BCUT2D eigenvalue weighted by molar-refractivity contribution is 9.10. The van der Waals surface area contributed by atoms with Crippen LogP contribution in [0.15, 0.2) is 34.9 Å². The highest BCUT2D eigenvalue weighted by Gasteiger charge is 2.13. The van der Waals surface area contributed by atoms with Crippen LogP contribution in [0.25, 0.3) is 0 Å². The van der Waals surface area contributed by atoms with E-state index in [1.165, 1.54) is 48.1 Å².